The molecule has 11 heteroatoms. The van der Waals surface area contributed by atoms with Crippen LogP contribution < -0.4 is 21.8 Å². The number of fused-ring (bicyclic) bond motifs is 1. The summed E-state index contributed by atoms with van der Waals surface area (Å²) in [6, 6.07) is 0.237. The lowest BCUT2D eigenvalue weighted by Gasteiger charge is -2.27. The number of rotatable bonds is 5. The topological polar surface area (TPSA) is 157 Å². The Morgan fingerprint density at radius 1 is 1.31 bits per heavy atom. The Hall–Kier alpha value is -3.21. The maximum absolute atomic E-state index is 11.4. The second kappa shape index (κ2) is 6.69. The molecule has 5 rings (SSSR count). The van der Waals surface area contributed by atoms with Crippen molar-refractivity contribution < 1.29 is 10.2 Å². The molecule has 2 aliphatic rings. The van der Waals surface area contributed by atoms with Crippen molar-refractivity contribution >= 4 is 17.7 Å². The van der Waals surface area contributed by atoms with E-state index in [2.05, 4.69) is 35.3 Å². The van der Waals surface area contributed by atoms with Crippen LogP contribution in [-0.4, -0.2) is 58.0 Å². The van der Waals surface area contributed by atoms with E-state index in [9.17, 15) is 15.0 Å². The fourth-order valence-corrected chi connectivity index (χ4v) is 3.75. The van der Waals surface area contributed by atoms with Crippen LogP contribution in [0.4, 0.5) is 5.95 Å². The Balaban J connectivity index is 1.67. The molecule has 0 bridgehead atoms. The highest BCUT2D eigenvalue weighted by Gasteiger charge is 2.34. The third-order valence-corrected chi connectivity index (χ3v) is 5.50. The first-order valence-electron chi connectivity index (χ1n) is 9.77. The fourth-order valence-electron chi connectivity index (χ4n) is 3.75. The fraction of sp³-hybridized carbons (Fsp3) is 0.500. The first-order chi connectivity index (χ1) is 14.0. The molecule has 11 nitrogen and oxygen atoms in total. The van der Waals surface area contributed by atoms with Gasteiger partial charge in [-0.2, -0.15) is 19.6 Å². The molecule has 0 radical (unpaired) electrons. The van der Waals surface area contributed by atoms with Crippen molar-refractivity contribution in [3.05, 3.63) is 33.2 Å². The molecule has 0 atom stereocenters. The van der Waals surface area contributed by atoms with Crippen LogP contribution in [0.2, 0.25) is 0 Å². The lowest BCUT2D eigenvalue weighted by atomic mass is 9.99. The third-order valence-electron chi connectivity index (χ3n) is 5.50. The van der Waals surface area contributed by atoms with Gasteiger partial charge in [-0.15, -0.1) is 0 Å². The predicted molar refractivity (Wildman–Crippen MR) is 103 cm³/mol. The Bertz CT molecular complexity index is 1230. The monoisotopic (exact) mass is 398 g/mol. The maximum atomic E-state index is 11.4. The molecule has 0 aromatic carbocycles. The molecule has 2 fully saturated rings. The van der Waals surface area contributed by atoms with E-state index < -0.39 is 11.2 Å². The number of aromatic hydroxyl groups is 1. The molecule has 3 aromatic rings. The highest BCUT2D eigenvalue weighted by molar-refractivity contribution is 5.57. The minimum atomic E-state index is -0.502. The van der Waals surface area contributed by atoms with E-state index >= 15 is 0 Å². The van der Waals surface area contributed by atoms with Crippen molar-refractivity contribution in [1.29, 1.82) is 0 Å². The van der Waals surface area contributed by atoms with Crippen LogP contribution in [-0.2, 0) is 0 Å². The molecule has 0 aliphatic heterocycles. The summed E-state index contributed by atoms with van der Waals surface area (Å²) in [6.45, 7) is 0.00729. The number of anilines is 1. The largest absolute Gasteiger partial charge is 0.493 e. The molecule has 5 N–H and O–H groups in total. The van der Waals surface area contributed by atoms with E-state index in [0.29, 0.717) is 22.4 Å². The van der Waals surface area contributed by atoms with Gasteiger partial charge >= 0.3 is 5.69 Å². The molecular formula is C18H22N8O3. The average Bonchev–Trinajstić information content (AvgIpc) is 3.09. The van der Waals surface area contributed by atoms with E-state index in [-0.39, 0.29) is 24.2 Å². The smallest absolute Gasteiger partial charge is 0.326 e. The predicted octanol–water partition coefficient (Wildman–Crippen LogP) is -0.826. The van der Waals surface area contributed by atoms with Gasteiger partial charge in [-0.05, 0) is 31.8 Å². The summed E-state index contributed by atoms with van der Waals surface area (Å²) in [5.41, 5.74) is 0.245. The quantitative estimate of drug-likeness (QED) is 0.375. The number of aliphatic hydroxyl groups excluding tert-OH is 1. The van der Waals surface area contributed by atoms with E-state index in [1.807, 2.05) is 0 Å². The molecule has 2 aliphatic carbocycles. The van der Waals surface area contributed by atoms with Gasteiger partial charge in [-0.1, -0.05) is 12.8 Å². The van der Waals surface area contributed by atoms with Gasteiger partial charge in [-0.3, -0.25) is 4.98 Å². The van der Waals surface area contributed by atoms with Crippen LogP contribution in [0.5, 0.6) is 5.88 Å². The minimum absolute atomic E-state index is 0.00729. The second-order valence-electron chi connectivity index (χ2n) is 7.80. The van der Waals surface area contributed by atoms with E-state index in [1.54, 1.807) is 16.8 Å². The minimum Gasteiger partial charge on any atom is -0.493 e. The van der Waals surface area contributed by atoms with Crippen molar-refractivity contribution in [1.82, 2.24) is 29.5 Å². The first-order valence-corrected chi connectivity index (χ1v) is 9.77. The number of aromatic amines is 2. The molecular weight excluding hydrogens is 376 g/mol. The standard InChI is InChI=1S/C18H22N8O3/c27-9-18(5-1-2-6-18)25-15-22-13-10(7-12-14(28)23-17(29)21-12)8-19-26(13)16(24-15)20-11-3-4-11/h7-8,11,27-28H,1-6,9H2,(H,20,24,25)(H2,21,23,29). The third kappa shape index (κ3) is 3.37. The molecule has 152 valence electrons. The Morgan fingerprint density at radius 2 is 2.10 bits per heavy atom. The van der Waals surface area contributed by atoms with Crippen molar-refractivity contribution in [3.63, 3.8) is 0 Å². The zero-order valence-electron chi connectivity index (χ0n) is 15.7. The SMILES string of the molecule is O=c1[nH]c(O)c(C=c2cnn3c(=NC4CC4)nc(NC4(CO)CCCC4)nc23)[nH]1. The van der Waals surface area contributed by atoms with E-state index in [4.69, 9.17) is 0 Å². The summed E-state index contributed by atoms with van der Waals surface area (Å²) >= 11 is 0. The van der Waals surface area contributed by atoms with Gasteiger partial charge in [0.1, 0.15) is 5.69 Å². The lowest BCUT2D eigenvalue weighted by Crippen LogP contribution is -2.40. The molecule has 0 amide bonds. The Labute approximate surface area is 164 Å². The summed E-state index contributed by atoms with van der Waals surface area (Å²) in [4.78, 5) is 30.0. The van der Waals surface area contributed by atoms with E-state index in [1.165, 1.54) is 0 Å². The highest BCUT2D eigenvalue weighted by atomic mass is 16.3. The van der Waals surface area contributed by atoms with E-state index in [0.717, 1.165) is 38.5 Å². The number of aliphatic hydroxyl groups is 1. The van der Waals surface area contributed by atoms with Crippen molar-refractivity contribution in [2.45, 2.75) is 50.1 Å². The maximum Gasteiger partial charge on any atom is 0.326 e. The molecule has 0 spiro atoms. The van der Waals surface area contributed by atoms with Crippen LogP contribution >= 0.6 is 0 Å². The van der Waals surface area contributed by atoms with Gasteiger partial charge in [0.2, 0.25) is 11.8 Å². The number of aromatic nitrogens is 6. The molecule has 3 aromatic heterocycles. The average molecular weight is 398 g/mol. The number of nitrogens with zero attached hydrogens (tertiary/aromatic N) is 5. The van der Waals surface area contributed by atoms with Gasteiger partial charge in [0.05, 0.1) is 24.4 Å². The number of hydrogen-bond acceptors (Lipinski definition) is 8. The van der Waals surface area contributed by atoms with Crippen LogP contribution in [0.25, 0.3) is 11.7 Å². The number of H-pyrrole nitrogens is 2. The van der Waals surface area contributed by atoms with Crippen LogP contribution in [0, 0.1) is 0 Å². The normalized spacial score (nSPS) is 20.0. The van der Waals surface area contributed by atoms with Crippen LogP contribution in [0.15, 0.2) is 16.0 Å². The zero-order valence-corrected chi connectivity index (χ0v) is 15.7. The lowest BCUT2D eigenvalue weighted by molar-refractivity contribution is 0.213. The molecule has 29 heavy (non-hydrogen) atoms. The molecule has 0 saturated heterocycles. The van der Waals surface area contributed by atoms with Gasteiger partial charge in [0.15, 0.2) is 5.65 Å². The summed E-state index contributed by atoms with van der Waals surface area (Å²) < 4.78 is 1.55. The molecule has 3 heterocycles. The van der Waals surface area contributed by atoms with Gasteiger partial charge in [0, 0.05) is 5.22 Å². The van der Waals surface area contributed by atoms with Crippen molar-refractivity contribution in [2.24, 2.45) is 4.99 Å². The van der Waals surface area contributed by atoms with Gasteiger partial charge in [0.25, 0.3) is 5.62 Å². The molecule has 2 saturated carbocycles. The number of hydrogen-bond donors (Lipinski definition) is 5. The summed E-state index contributed by atoms with van der Waals surface area (Å²) in [5, 5.41) is 28.1. The Kier molecular flexibility index (Phi) is 4.12. The van der Waals surface area contributed by atoms with Gasteiger partial charge < -0.3 is 20.5 Å². The molecule has 0 unspecified atom stereocenters. The van der Waals surface area contributed by atoms with Gasteiger partial charge in [-0.25, -0.2) is 9.79 Å². The van der Waals surface area contributed by atoms with Crippen molar-refractivity contribution in [3.8, 4) is 5.88 Å². The summed E-state index contributed by atoms with van der Waals surface area (Å²) in [6.07, 6.45) is 9.00. The summed E-state index contributed by atoms with van der Waals surface area (Å²) in [5.74, 6) is 0.129. The first kappa shape index (κ1) is 17.9. The Morgan fingerprint density at radius 3 is 2.76 bits per heavy atom. The van der Waals surface area contributed by atoms with Crippen LogP contribution in [0.3, 0.4) is 0 Å². The van der Waals surface area contributed by atoms with Crippen molar-refractivity contribution in [2.75, 3.05) is 11.9 Å². The summed E-state index contributed by atoms with van der Waals surface area (Å²) in [7, 11) is 0. The number of imidazole rings is 1. The number of nitrogens with one attached hydrogen (secondary N) is 3. The second-order valence-corrected chi connectivity index (χ2v) is 7.80. The highest BCUT2D eigenvalue weighted by Crippen LogP contribution is 2.31. The van der Waals surface area contributed by atoms with Crippen LogP contribution in [0.1, 0.15) is 44.2 Å². The zero-order chi connectivity index (χ0) is 20.0.